The van der Waals surface area contributed by atoms with Gasteiger partial charge in [0.25, 0.3) is 0 Å². The molecular formula is C34H40Cl2Zr. The van der Waals surface area contributed by atoms with Crippen LogP contribution in [0.5, 0.6) is 0 Å². The van der Waals surface area contributed by atoms with Gasteiger partial charge in [-0.2, -0.15) is 0 Å². The summed E-state index contributed by atoms with van der Waals surface area (Å²) in [6, 6.07) is 14.3. The minimum atomic E-state index is -2.26. The molecule has 1 atom stereocenters. The van der Waals surface area contributed by atoms with Gasteiger partial charge in [0.1, 0.15) is 0 Å². The predicted molar refractivity (Wildman–Crippen MR) is 151 cm³/mol. The minimum absolute atomic E-state index is 0. The maximum atomic E-state index is 4.06. The summed E-state index contributed by atoms with van der Waals surface area (Å²) in [6.45, 7) is 17.7. The molecule has 194 valence electrons. The van der Waals surface area contributed by atoms with E-state index in [0.29, 0.717) is 9.54 Å². The standard InChI is InChI=1S/C17H13.C11H17.C6H10.2ClH.Zr/c1-3-12-5-7-14-11-15-8-6-13(4-2)10-17(15)16(14)9-12;1-5-9-6-7-10(8-9)11(2,3)4;1-2-4-6-5-3-1;;;/h3-11H,1-2H2;7-9H,5H2,1-4H3;1-5H2;2*1H;/q;;;;;+2/p-2. The summed E-state index contributed by atoms with van der Waals surface area (Å²) >= 11 is -2.26. The number of fused-ring (bicyclic) bond motifs is 3. The minimum Gasteiger partial charge on any atom is -1.00 e. The van der Waals surface area contributed by atoms with Crippen LogP contribution >= 0.6 is 0 Å². The molecule has 0 aromatic heterocycles. The van der Waals surface area contributed by atoms with E-state index in [2.05, 4.69) is 89.4 Å². The summed E-state index contributed by atoms with van der Waals surface area (Å²) in [5.74, 6) is 0.625. The third-order valence-corrected chi connectivity index (χ3v) is 17.2. The molecule has 37 heavy (non-hydrogen) atoms. The molecule has 1 unspecified atom stereocenters. The van der Waals surface area contributed by atoms with E-state index in [4.69, 9.17) is 0 Å². The largest absolute Gasteiger partial charge is 1.00 e. The molecule has 0 N–H and O–H groups in total. The average Bonchev–Trinajstić information content (AvgIpc) is 3.44. The van der Waals surface area contributed by atoms with Gasteiger partial charge in [-0.1, -0.05) is 0 Å². The van der Waals surface area contributed by atoms with Crippen LogP contribution in [0.1, 0.15) is 92.1 Å². The molecule has 0 saturated heterocycles. The van der Waals surface area contributed by atoms with Crippen molar-refractivity contribution in [3.05, 3.63) is 92.8 Å². The molecule has 3 aliphatic rings. The predicted octanol–water partition coefficient (Wildman–Crippen LogP) is 3.70. The van der Waals surface area contributed by atoms with Crippen molar-refractivity contribution >= 4 is 15.4 Å². The molecule has 1 saturated carbocycles. The first-order valence-corrected chi connectivity index (χ1v) is 17.4. The topological polar surface area (TPSA) is 0 Å². The quantitative estimate of drug-likeness (QED) is 0.485. The Kier molecular flexibility index (Phi) is 10.0. The van der Waals surface area contributed by atoms with Crippen LogP contribution in [-0.2, 0) is 21.3 Å². The van der Waals surface area contributed by atoms with Crippen LogP contribution in [0.4, 0.5) is 0 Å². The zero-order chi connectivity index (χ0) is 24.7. The summed E-state index contributed by atoms with van der Waals surface area (Å²) in [7, 11) is 0. The van der Waals surface area contributed by atoms with E-state index in [1.54, 1.807) is 16.7 Å². The fraction of sp³-hybridized carbons (Fsp3) is 0.382. The van der Waals surface area contributed by atoms with E-state index in [1.165, 1.54) is 60.8 Å². The van der Waals surface area contributed by atoms with Crippen molar-refractivity contribution in [2.24, 2.45) is 11.3 Å². The molecule has 2 aromatic rings. The number of halogens is 2. The fourth-order valence-electron chi connectivity index (χ4n) is 6.38. The summed E-state index contributed by atoms with van der Waals surface area (Å²) in [4.78, 5) is 0. The molecule has 1 fully saturated rings. The third kappa shape index (κ3) is 5.71. The Morgan fingerprint density at radius 3 is 1.86 bits per heavy atom. The normalized spacial score (nSPS) is 18.4. The van der Waals surface area contributed by atoms with E-state index < -0.39 is 21.3 Å². The van der Waals surface area contributed by atoms with Gasteiger partial charge >= 0.3 is 222 Å². The number of allylic oxidation sites excluding steroid dienone is 4. The molecule has 0 bridgehead atoms. The summed E-state index contributed by atoms with van der Waals surface area (Å²) in [5.41, 5.74) is 10.3. The van der Waals surface area contributed by atoms with Gasteiger partial charge < -0.3 is 24.8 Å². The SMILES string of the molecule is C=Cc1ccc2c(c1)-c1cc(C=C)ccc1[CH]2[Zr+2]([C]1=CC(C(C)(C)C)=CC1CC)=[C]1CCCCC1.[Cl-].[Cl-]. The maximum Gasteiger partial charge on any atom is -1.00 e. The molecule has 0 nitrogen and oxygen atoms in total. The van der Waals surface area contributed by atoms with Gasteiger partial charge in [-0.15, -0.1) is 0 Å². The fourth-order valence-corrected chi connectivity index (χ4v) is 16.6. The number of benzene rings is 2. The second kappa shape index (κ2) is 12.3. The van der Waals surface area contributed by atoms with E-state index in [1.807, 2.05) is 18.6 Å². The number of hydrogen-bond donors (Lipinski definition) is 0. The molecule has 0 aliphatic heterocycles. The second-order valence-electron chi connectivity index (χ2n) is 11.6. The van der Waals surface area contributed by atoms with Crippen LogP contribution in [0.3, 0.4) is 0 Å². The van der Waals surface area contributed by atoms with Crippen LogP contribution in [0.2, 0.25) is 0 Å². The molecule has 0 amide bonds. The van der Waals surface area contributed by atoms with Gasteiger partial charge in [0.05, 0.1) is 0 Å². The van der Waals surface area contributed by atoms with Crippen LogP contribution < -0.4 is 24.8 Å². The van der Waals surface area contributed by atoms with Gasteiger partial charge in [-0.05, 0) is 0 Å². The first-order valence-electron chi connectivity index (χ1n) is 13.5. The summed E-state index contributed by atoms with van der Waals surface area (Å²) in [5, 5.41) is 0. The number of rotatable bonds is 5. The molecule has 5 rings (SSSR count). The first-order chi connectivity index (χ1) is 16.9. The molecular weight excluding hydrogens is 571 g/mol. The molecule has 3 aliphatic carbocycles. The van der Waals surface area contributed by atoms with E-state index in [9.17, 15) is 0 Å². The molecule has 3 heteroatoms. The van der Waals surface area contributed by atoms with Crippen molar-refractivity contribution in [1.29, 1.82) is 0 Å². The Morgan fingerprint density at radius 2 is 1.41 bits per heavy atom. The van der Waals surface area contributed by atoms with Crippen molar-refractivity contribution in [2.75, 3.05) is 0 Å². The molecule has 2 aromatic carbocycles. The van der Waals surface area contributed by atoms with Crippen molar-refractivity contribution < 1.29 is 46.1 Å². The summed E-state index contributed by atoms with van der Waals surface area (Å²) in [6.07, 6.45) is 17.5. The average molecular weight is 611 g/mol. The van der Waals surface area contributed by atoms with E-state index >= 15 is 0 Å². The van der Waals surface area contributed by atoms with Crippen LogP contribution in [0.25, 0.3) is 23.3 Å². The Hall–Kier alpha value is -1.27. The van der Waals surface area contributed by atoms with Gasteiger partial charge in [0.2, 0.25) is 0 Å². The maximum absolute atomic E-state index is 4.06. The van der Waals surface area contributed by atoms with Gasteiger partial charge in [0, 0.05) is 0 Å². The van der Waals surface area contributed by atoms with Crippen LogP contribution in [0, 0.1) is 11.3 Å². The van der Waals surface area contributed by atoms with Gasteiger partial charge in [0.15, 0.2) is 0 Å². The zero-order valence-corrected chi connectivity index (χ0v) is 26.8. The second-order valence-corrected chi connectivity index (χ2v) is 18.2. The molecule has 0 heterocycles. The van der Waals surface area contributed by atoms with Gasteiger partial charge in [-0.25, -0.2) is 0 Å². The number of hydrogen-bond acceptors (Lipinski definition) is 0. The van der Waals surface area contributed by atoms with E-state index in [-0.39, 0.29) is 30.2 Å². The zero-order valence-electron chi connectivity index (χ0n) is 22.8. The van der Waals surface area contributed by atoms with Crippen LogP contribution in [0.15, 0.2) is 70.6 Å². The monoisotopic (exact) mass is 608 g/mol. The smallest absolute Gasteiger partial charge is 1.00 e. The van der Waals surface area contributed by atoms with Crippen molar-refractivity contribution in [3.63, 3.8) is 0 Å². The summed E-state index contributed by atoms with van der Waals surface area (Å²) < 4.78 is 4.43. The van der Waals surface area contributed by atoms with Crippen molar-refractivity contribution in [2.45, 2.75) is 69.8 Å². The van der Waals surface area contributed by atoms with Crippen molar-refractivity contribution in [3.8, 4) is 11.1 Å². The van der Waals surface area contributed by atoms with Crippen molar-refractivity contribution in [1.82, 2.24) is 0 Å². The molecule has 0 spiro atoms. The van der Waals surface area contributed by atoms with Gasteiger partial charge in [-0.3, -0.25) is 0 Å². The van der Waals surface area contributed by atoms with E-state index in [0.717, 1.165) is 0 Å². The Balaban J connectivity index is 0.00000190. The third-order valence-electron chi connectivity index (χ3n) is 8.37. The van der Waals surface area contributed by atoms with Crippen LogP contribution in [-0.4, -0.2) is 3.21 Å². The Labute approximate surface area is 245 Å². The Morgan fingerprint density at radius 1 is 0.865 bits per heavy atom. The first kappa shape index (κ1) is 30.3. The molecule has 0 radical (unpaired) electrons. The Bertz CT molecular complexity index is 1220.